The molecule has 3 rings (SSSR count). The standard InChI is InChI=1S/C19H13F4N3O2/c20-12-3-1-4-14(11-12)26-18(27)16-5-2-10-24-17(16)25-13-6-8-15(9-7-13)28-19(21,22)23/h1-11H,(H,24,25)(H,26,27). The highest BCUT2D eigenvalue weighted by atomic mass is 19.4. The van der Waals surface area contributed by atoms with Crippen LogP contribution in [0.3, 0.4) is 0 Å². The number of amides is 1. The van der Waals surface area contributed by atoms with Crippen molar-refractivity contribution in [3.63, 3.8) is 0 Å². The Morgan fingerprint density at radius 3 is 2.39 bits per heavy atom. The molecular weight excluding hydrogens is 378 g/mol. The number of rotatable bonds is 5. The highest BCUT2D eigenvalue weighted by molar-refractivity contribution is 6.07. The summed E-state index contributed by atoms with van der Waals surface area (Å²) in [4.78, 5) is 16.6. The van der Waals surface area contributed by atoms with Crippen LogP contribution in [0.2, 0.25) is 0 Å². The van der Waals surface area contributed by atoms with Crippen molar-refractivity contribution in [1.82, 2.24) is 4.98 Å². The fourth-order valence-corrected chi connectivity index (χ4v) is 2.33. The number of nitrogens with zero attached hydrogens (tertiary/aromatic N) is 1. The quantitative estimate of drug-likeness (QED) is 0.593. The molecule has 0 atom stereocenters. The zero-order valence-electron chi connectivity index (χ0n) is 14.1. The van der Waals surface area contributed by atoms with Gasteiger partial charge in [0, 0.05) is 17.6 Å². The Bertz CT molecular complexity index is 975. The summed E-state index contributed by atoms with van der Waals surface area (Å²) < 4.78 is 53.7. The van der Waals surface area contributed by atoms with Crippen molar-refractivity contribution in [2.45, 2.75) is 6.36 Å². The molecule has 5 nitrogen and oxygen atoms in total. The van der Waals surface area contributed by atoms with Crippen LogP contribution in [0.1, 0.15) is 10.4 Å². The third-order valence-corrected chi connectivity index (χ3v) is 3.49. The molecule has 0 aliphatic heterocycles. The number of nitrogens with one attached hydrogen (secondary N) is 2. The Hall–Kier alpha value is -3.62. The van der Waals surface area contributed by atoms with Crippen LogP contribution in [-0.4, -0.2) is 17.3 Å². The van der Waals surface area contributed by atoms with Crippen LogP contribution in [-0.2, 0) is 0 Å². The van der Waals surface area contributed by atoms with Crippen LogP contribution in [0.4, 0.5) is 34.8 Å². The predicted octanol–water partition coefficient (Wildman–Crippen LogP) is 5.12. The van der Waals surface area contributed by atoms with Crippen molar-refractivity contribution in [1.29, 1.82) is 0 Å². The van der Waals surface area contributed by atoms with Gasteiger partial charge >= 0.3 is 6.36 Å². The van der Waals surface area contributed by atoms with Gasteiger partial charge in [-0.25, -0.2) is 9.37 Å². The van der Waals surface area contributed by atoms with Crippen molar-refractivity contribution >= 4 is 23.1 Å². The molecule has 9 heteroatoms. The van der Waals surface area contributed by atoms with Crippen molar-refractivity contribution in [3.8, 4) is 5.75 Å². The zero-order valence-corrected chi connectivity index (χ0v) is 14.1. The first-order chi connectivity index (χ1) is 13.3. The molecule has 0 bridgehead atoms. The Kier molecular flexibility index (Phi) is 5.44. The van der Waals surface area contributed by atoms with Gasteiger partial charge in [-0.2, -0.15) is 0 Å². The summed E-state index contributed by atoms with van der Waals surface area (Å²) in [5.74, 6) is -1.22. The molecule has 2 aromatic carbocycles. The Balaban J connectivity index is 1.76. The molecule has 0 aliphatic rings. The number of benzene rings is 2. The lowest BCUT2D eigenvalue weighted by molar-refractivity contribution is -0.274. The predicted molar refractivity (Wildman–Crippen MR) is 95.0 cm³/mol. The number of pyridine rings is 1. The number of carbonyl (C=O) groups is 1. The fourth-order valence-electron chi connectivity index (χ4n) is 2.33. The molecule has 0 saturated carbocycles. The molecule has 1 aromatic heterocycles. The second-order valence-electron chi connectivity index (χ2n) is 5.56. The monoisotopic (exact) mass is 391 g/mol. The van der Waals surface area contributed by atoms with Crippen LogP contribution in [0, 0.1) is 5.82 Å². The van der Waals surface area contributed by atoms with Crippen LogP contribution >= 0.6 is 0 Å². The third kappa shape index (κ3) is 5.19. The lowest BCUT2D eigenvalue weighted by atomic mass is 10.2. The van der Waals surface area contributed by atoms with Crippen LogP contribution in [0.15, 0.2) is 66.9 Å². The zero-order chi connectivity index (χ0) is 20.1. The number of anilines is 3. The maximum Gasteiger partial charge on any atom is 0.573 e. The topological polar surface area (TPSA) is 63.2 Å². The van der Waals surface area contributed by atoms with E-state index in [2.05, 4.69) is 20.4 Å². The van der Waals surface area contributed by atoms with E-state index in [-0.39, 0.29) is 22.8 Å². The fraction of sp³-hybridized carbons (Fsp3) is 0.0526. The summed E-state index contributed by atoms with van der Waals surface area (Å²) in [6.07, 6.45) is -3.33. The molecule has 0 radical (unpaired) electrons. The van der Waals surface area contributed by atoms with Gasteiger partial charge in [-0.3, -0.25) is 4.79 Å². The first kappa shape index (κ1) is 19.2. The molecule has 0 saturated heterocycles. The highest BCUT2D eigenvalue weighted by Crippen LogP contribution is 2.26. The van der Waals surface area contributed by atoms with Gasteiger partial charge in [0.05, 0.1) is 5.56 Å². The Labute approximate surface area is 157 Å². The van der Waals surface area contributed by atoms with E-state index < -0.39 is 18.1 Å². The van der Waals surface area contributed by atoms with Gasteiger partial charge in [-0.05, 0) is 54.6 Å². The minimum absolute atomic E-state index is 0.169. The molecule has 1 amide bonds. The van der Waals surface area contributed by atoms with E-state index in [0.717, 1.165) is 12.1 Å². The van der Waals surface area contributed by atoms with Crippen molar-refractivity contribution in [2.75, 3.05) is 10.6 Å². The summed E-state index contributed by atoms with van der Waals surface area (Å²) in [5, 5.41) is 5.41. The van der Waals surface area contributed by atoms with E-state index >= 15 is 0 Å². The van der Waals surface area contributed by atoms with E-state index in [9.17, 15) is 22.4 Å². The van der Waals surface area contributed by atoms with Gasteiger partial charge in [0.1, 0.15) is 17.4 Å². The molecule has 1 heterocycles. The van der Waals surface area contributed by atoms with Crippen molar-refractivity contribution in [2.24, 2.45) is 0 Å². The van der Waals surface area contributed by atoms with Crippen LogP contribution < -0.4 is 15.4 Å². The molecule has 0 fully saturated rings. The van der Waals surface area contributed by atoms with Gasteiger partial charge in [0.2, 0.25) is 0 Å². The van der Waals surface area contributed by atoms with Gasteiger partial charge < -0.3 is 15.4 Å². The Morgan fingerprint density at radius 2 is 1.71 bits per heavy atom. The molecule has 0 spiro atoms. The van der Waals surface area contributed by atoms with Crippen molar-refractivity contribution < 1.29 is 27.1 Å². The van der Waals surface area contributed by atoms with E-state index in [4.69, 9.17) is 0 Å². The third-order valence-electron chi connectivity index (χ3n) is 3.49. The van der Waals surface area contributed by atoms with E-state index in [0.29, 0.717) is 5.69 Å². The number of aromatic nitrogens is 1. The number of carbonyl (C=O) groups excluding carboxylic acids is 1. The first-order valence-corrected chi connectivity index (χ1v) is 7.95. The molecule has 0 unspecified atom stereocenters. The number of alkyl halides is 3. The second kappa shape index (κ2) is 7.95. The Morgan fingerprint density at radius 1 is 0.964 bits per heavy atom. The number of ether oxygens (including phenoxy) is 1. The highest BCUT2D eigenvalue weighted by Gasteiger charge is 2.30. The van der Waals surface area contributed by atoms with Gasteiger partial charge in [-0.15, -0.1) is 13.2 Å². The summed E-state index contributed by atoms with van der Waals surface area (Å²) >= 11 is 0. The molecular formula is C19H13F4N3O2. The SMILES string of the molecule is O=C(Nc1cccc(F)c1)c1cccnc1Nc1ccc(OC(F)(F)F)cc1. The largest absolute Gasteiger partial charge is 0.573 e. The molecule has 0 aliphatic carbocycles. The van der Waals surface area contributed by atoms with Gasteiger partial charge in [-0.1, -0.05) is 6.07 Å². The molecule has 144 valence electrons. The summed E-state index contributed by atoms with van der Waals surface area (Å²) in [6.45, 7) is 0. The molecule has 3 aromatic rings. The first-order valence-electron chi connectivity index (χ1n) is 7.95. The van der Waals surface area contributed by atoms with Gasteiger partial charge in [0.15, 0.2) is 0 Å². The van der Waals surface area contributed by atoms with Crippen LogP contribution in [0.5, 0.6) is 5.75 Å². The number of hydrogen-bond donors (Lipinski definition) is 2. The van der Waals surface area contributed by atoms with Crippen molar-refractivity contribution in [3.05, 3.63) is 78.2 Å². The number of hydrogen-bond acceptors (Lipinski definition) is 4. The summed E-state index contributed by atoms with van der Waals surface area (Å²) in [6, 6.07) is 13.4. The maximum absolute atomic E-state index is 13.3. The average molecular weight is 391 g/mol. The minimum atomic E-state index is -4.78. The van der Waals surface area contributed by atoms with E-state index in [1.807, 2.05) is 0 Å². The normalized spacial score (nSPS) is 11.0. The number of halogens is 4. The lowest BCUT2D eigenvalue weighted by Crippen LogP contribution is -2.17. The summed E-state index contributed by atoms with van der Waals surface area (Å²) in [7, 11) is 0. The molecule has 2 N–H and O–H groups in total. The second-order valence-corrected chi connectivity index (χ2v) is 5.56. The van der Waals surface area contributed by atoms with Gasteiger partial charge in [0.25, 0.3) is 5.91 Å². The van der Waals surface area contributed by atoms with E-state index in [1.165, 1.54) is 48.7 Å². The van der Waals surface area contributed by atoms with E-state index in [1.54, 1.807) is 6.07 Å². The maximum atomic E-state index is 13.3. The van der Waals surface area contributed by atoms with Crippen LogP contribution in [0.25, 0.3) is 0 Å². The molecule has 28 heavy (non-hydrogen) atoms. The lowest BCUT2D eigenvalue weighted by Gasteiger charge is -2.12. The average Bonchev–Trinajstić information content (AvgIpc) is 2.62. The minimum Gasteiger partial charge on any atom is -0.406 e. The summed E-state index contributed by atoms with van der Waals surface area (Å²) in [5.41, 5.74) is 0.837. The smallest absolute Gasteiger partial charge is 0.406 e.